The Labute approximate surface area is 119 Å². The van der Waals surface area contributed by atoms with E-state index in [1.54, 1.807) is 4.57 Å². The lowest BCUT2D eigenvalue weighted by atomic mass is 10.1. The van der Waals surface area contributed by atoms with Crippen molar-refractivity contribution in [3.05, 3.63) is 38.9 Å². The molecule has 0 saturated carbocycles. The molecule has 0 spiro atoms. The highest BCUT2D eigenvalue weighted by atomic mass is 32.1. The maximum atomic E-state index is 13.5. The van der Waals surface area contributed by atoms with Gasteiger partial charge in [-0.15, -0.1) is 0 Å². The number of H-pyrrole nitrogens is 1. The minimum atomic E-state index is -0.681. The Hall–Kier alpha value is -2.09. The van der Waals surface area contributed by atoms with Gasteiger partial charge in [0.05, 0.1) is 11.0 Å². The molecule has 20 heavy (non-hydrogen) atoms. The van der Waals surface area contributed by atoms with E-state index in [0.29, 0.717) is 28.6 Å². The zero-order valence-electron chi connectivity index (χ0n) is 11.0. The van der Waals surface area contributed by atoms with Crippen LogP contribution in [0.3, 0.4) is 0 Å². The first kappa shape index (κ1) is 14.3. The Morgan fingerprint density at radius 3 is 2.80 bits per heavy atom. The van der Waals surface area contributed by atoms with Gasteiger partial charge in [-0.2, -0.15) is 5.10 Å². The highest BCUT2D eigenvalue weighted by Crippen LogP contribution is 2.24. The molecule has 0 bridgehead atoms. The van der Waals surface area contributed by atoms with Crippen molar-refractivity contribution in [2.75, 3.05) is 0 Å². The van der Waals surface area contributed by atoms with Crippen molar-refractivity contribution in [2.45, 2.75) is 20.4 Å². The molecular weight excluding hydrogens is 283 g/mol. The summed E-state index contributed by atoms with van der Waals surface area (Å²) < 4.78 is 15.6. The molecule has 0 amide bonds. The van der Waals surface area contributed by atoms with Gasteiger partial charge in [-0.05, 0) is 24.2 Å². The maximum Gasteiger partial charge on any atom is 0.273 e. The molecule has 0 atom stereocenters. The van der Waals surface area contributed by atoms with Crippen molar-refractivity contribution >= 4 is 17.9 Å². The Balaban J connectivity index is 2.57. The van der Waals surface area contributed by atoms with Crippen molar-refractivity contribution in [1.82, 2.24) is 14.8 Å². The summed E-state index contributed by atoms with van der Waals surface area (Å²) >= 11 is 5.13. The van der Waals surface area contributed by atoms with Crippen molar-refractivity contribution in [3.63, 3.8) is 0 Å². The number of halogens is 1. The van der Waals surface area contributed by atoms with Crippen LogP contribution in [0.2, 0.25) is 0 Å². The second-order valence-electron chi connectivity index (χ2n) is 4.81. The predicted octanol–water partition coefficient (Wildman–Crippen LogP) is 3.31. The Morgan fingerprint density at radius 2 is 2.20 bits per heavy atom. The lowest BCUT2D eigenvalue weighted by Gasteiger charge is -2.09. The number of hydrogen-bond donors (Lipinski definition) is 1. The van der Waals surface area contributed by atoms with Crippen LogP contribution in [0, 0.1) is 26.6 Å². The smallest absolute Gasteiger partial charge is 0.273 e. The van der Waals surface area contributed by atoms with Gasteiger partial charge in [0.25, 0.3) is 5.69 Å². The van der Waals surface area contributed by atoms with E-state index in [2.05, 4.69) is 10.2 Å². The molecule has 0 aliphatic carbocycles. The molecule has 0 aliphatic heterocycles. The molecule has 2 aromatic rings. The van der Waals surface area contributed by atoms with Crippen LogP contribution in [0.1, 0.15) is 13.8 Å². The zero-order chi connectivity index (χ0) is 14.9. The summed E-state index contributed by atoms with van der Waals surface area (Å²) in [4.78, 5) is 10.1. The summed E-state index contributed by atoms with van der Waals surface area (Å²) in [5.74, 6) is 0.0205. The number of nitrogens with zero attached hydrogens (tertiary/aromatic N) is 3. The van der Waals surface area contributed by atoms with Gasteiger partial charge >= 0.3 is 0 Å². The largest absolute Gasteiger partial charge is 0.300 e. The van der Waals surface area contributed by atoms with Gasteiger partial charge in [0.1, 0.15) is 5.82 Å². The molecule has 8 heteroatoms. The average molecular weight is 296 g/mol. The number of nitrogens with one attached hydrogen (secondary N) is 1. The van der Waals surface area contributed by atoms with Crippen LogP contribution in [0.4, 0.5) is 10.1 Å². The first-order valence-corrected chi connectivity index (χ1v) is 6.40. The topological polar surface area (TPSA) is 76.8 Å². The number of benzene rings is 1. The highest BCUT2D eigenvalue weighted by molar-refractivity contribution is 7.71. The number of rotatable bonds is 4. The molecule has 0 saturated heterocycles. The van der Waals surface area contributed by atoms with E-state index in [9.17, 15) is 14.5 Å². The van der Waals surface area contributed by atoms with Crippen molar-refractivity contribution in [1.29, 1.82) is 0 Å². The number of aromatic amines is 1. The van der Waals surface area contributed by atoms with E-state index >= 15 is 0 Å². The Bertz CT molecular complexity index is 708. The van der Waals surface area contributed by atoms with Crippen LogP contribution in [0.15, 0.2) is 18.2 Å². The first-order valence-electron chi connectivity index (χ1n) is 5.99. The molecule has 2 rings (SSSR count). The summed E-state index contributed by atoms with van der Waals surface area (Å²) in [6.45, 7) is 4.61. The maximum absolute atomic E-state index is 13.5. The van der Waals surface area contributed by atoms with Gasteiger partial charge in [-0.3, -0.25) is 19.8 Å². The Morgan fingerprint density at radius 1 is 1.50 bits per heavy atom. The first-order chi connectivity index (χ1) is 9.38. The van der Waals surface area contributed by atoms with Gasteiger partial charge in [-0.25, -0.2) is 4.39 Å². The van der Waals surface area contributed by atoms with Crippen LogP contribution in [0.25, 0.3) is 11.4 Å². The molecule has 1 N–H and O–H groups in total. The summed E-state index contributed by atoms with van der Waals surface area (Å²) in [6.07, 6.45) is 0. The van der Waals surface area contributed by atoms with Gasteiger partial charge in [0.15, 0.2) is 10.6 Å². The van der Waals surface area contributed by atoms with E-state index in [0.717, 1.165) is 6.07 Å². The fourth-order valence-electron chi connectivity index (χ4n) is 1.88. The number of hydrogen-bond acceptors (Lipinski definition) is 4. The SMILES string of the molecule is CC(C)Cn1c(-c2cc(F)cc([N+](=O)[O-])c2)n[nH]c1=S. The standard InChI is InChI=1S/C12H13FN4O2S/c1-7(2)6-16-11(14-15-12(16)20)8-3-9(13)5-10(4-8)17(18)19/h3-5,7H,6H2,1-2H3,(H,15,20). The quantitative estimate of drug-likeness (QED) is 0.533. The van der Waals surface area contributed by atoms with Crippen LogP contribution < -0.4 is 0 Å². The summed E-state index contributed by atoms with van der Waals surface area (Å²) in [5.41, 5.74) is 0.00900. The monoisotopic (exact) mass is 296 g/mol. The lowest BCUT2D eigenvalue weighted by Crippen LogP contribution is -2.06. The fourth-order valence-corrected chi connectivity index (χ4v) is 2.09. The summed E-state index contributed by atoms with van der Waals surface area (Å²) in [7, 11) is 0. The van der Waals surface area contributed by atoms with E-state index in [-0.39, 0.29) is 5.69 Å². The molecule has 1 heterocycles. The molecule has 1 aromatic carbocycles. The van der Waals surface area contributed by atoms with E-state index in [4.69, 9.17) is 12.2 Å². The van der Waals surface area contributed by atoms with Crippen molar-refractivity contribution < 1.29 is 9.31 Å². The van der Waals surface area contributed by atoms with Crippen LogP contribution in [-0.4, -0.2) is 19.7 Å². The van der Waals surface area contributed by atoms with Gasteiger partial charge in [0, 0.05) is 18.2 Å². The van der Waals surface area contributed by atoms with Gasteiger partial charge < -0.3 is 0 Å². The molecular formula is C12H13FN4O2S. The van der Waals surface area contributed by atoms with Crippen molar-refractivity contribution in [3.8, 4) is 11.4 Å². The molecule has 0 radical (unpaired) electrons. The minimum absolute atomic E-state index is 0.307. The third-order valence-electron chi connectivity index (χ3n) is 2.66. The van der Waals surface area contributed by atoms with Gasteiger partial charge in [0.2, 0.25) is 0 Å². The third kappa shape index (κ3) is 2.90. The molecule has 106 valence electrons. The summed E-state index contributed by atoms with van der Waals surface area (Å²) in [5, 5.41) is 17.5. The average Bonchev–Trinajstić information content (AvgIpc) is 2.69. The van der Waals surface area contributed by atoms with Crippen LogP contribution in [0.5, 0.6) is 0 Å². The normalized spacial score (nSPS) is 11.0. The molecule has 0 aliphatic rings. The van der Waals surface area contributed by atoms with E-state index < -0.39 is 10.7 Å². The predicted molar refractivity (Wildman–Crippen MR) is 74.3 cm³/mol. The fraction of sp³-hybridized carbons (Fsp3) is 0.333. The zero-order valence-corrected chi connectivity index (χ0v) is 11.8. The number of aromatic nitrogens is 3. The molecule has 1 aromatic heterocycles. The molecule has 6 nitrogen and oxygen atoms in total. The number of nitro benzene ring substituents is 1. The molecule has 0 unspecified atom stereocenters. The Kier molecular flexibility index (Phi) is 3.93. The second kappa shape index (κ2) is 5.49. The third-order valence-corrected chi connectivity index (χ3v) is 2.97. The number of nitro groups is 1. The summed E-state index contributed by atoms with van der Waals surface area (Å²) in [6, 6.07) is 3.36. The lowest BCUT2D eigenvalue weighted by molar-refractivity contribution is -0.385. The van der Waals surface area contributed by atoms with Crippen molar-refractivity contribution in [2.24, 2.45) is 5.92 Å². The van der Waals surface area contributed by atoms with E-state index in [1.807, 2.05) is 13.8 Å². The van der Waals surface area contributed by atoms with Crippen LogP contribution >= 0.6 is 12.2 Å². The van der Waals surface area contributed by atoms with Crippen LogP contribution in [-0.2, 0) is 6.54 Å². The minimum Gasteiger partial charge on any atom is -0.300 e. The number of non-ortho nitro benzene ring substituents is 1. The highest BCUT2D eigenvalue weighted by Gasteiger charge is 2.16. The van der Waals surface area contributed by atoms with E-state index in [1.165, 1.54) is 12.1 Å². The molecule has 0 fully saturated rings. The second-order valence-corrected chi connectivity index (χ2v) is 5.20. The van der Waals surface area contributed by atoms with Gasteiger partial charge in [-0.1, -0.05) is 13.8 Å².